The van der Waals surface area contributed by atoms with E-state index in [-0.39, 0.29) is 0 Å². The normalized spacial score (nSPS) is 47.8. The summed E-state index contributed by atoms with van der Waals surface area (Å²) in [5.41, 5.74) is 5.61. The molecule has 2 nitrogen and oxygen atoms in total. The molecule has 0 spiro atoms. The van der Waals surface area contributed by atoms with Gasteiger partial charge in [-0.3, -0.25) is 0 Å². The Balaban J connectivity index is 2.02. The number of nitrogens with one attached hydrogen (secondary N) is 1. The fraction of sp³-hybridized carbons (Fsp3) is 1.00. The summed E-state index contributed by atoms with van der Waals surface area (Å²) in [6.45, 7) is 2.95. The summed E-state index contributed by atoms with van der Waals surface area (Å²) in [7, 11) is 0. The molecule has 0 aromatic rings. The molecule has 3 heteroatoms. The van der Waals surface area contributed by atoms with Gasteiger partial charge < -0.3 is 11.1 Å². The summed E-state index contributed by atoms with van der Waals surface area (Å²) < 4.78 is 13.3. The standard InChI is InChI=1S/C11H21FN2/c1-7-9(4-5-13)10-6-8(12)2-3-11(10)14-7/h7-11,14H,2-6,13H2,1H3. The van der Waals surface area contributed by atoms with Crippen LogP contribution in [0.5, 0.6) is 0 Å². The van der Waals surface area contributed by atoms with Gasteiger partial charge in [0.1, 0.15) is 6.17 Å². The van der Waals surface area contributed by atoms with Crippen LogP contribution < -0.4 is 11.1 Å². The molecule has 1 aliphatic carbocycles. The van der Waals surface area contributed by atoms with E-state index in [2.05, 4.69) is 12.2 Å². The molecule has 0 amide bonds. The van der Waals surface area contributed by atoms with Crippen molar-refractivity contribution in [2.24, 2.45) is 17.6 Å². The van der Waals surface area contributed by atoms with Gasteiger partial charge in [0.2, 0.25) is 0 Å². The molecule has 1 aliphatic heterocycles. The molecule has 2 fully saturated rings. The molecular weight excluding hydrogens is 179 g/mol. The van der Waals surface area contributed by atoms with E-state index in [9.17, 15) is 4.39 Å². The quantitative estimate of drug-likeness (QED) is 0.708. The largest absolute Gasteiger partial charge is 0.330 e. The third kappa shape index (κ3) is 1.80. The molecule has 82 valence electrons. The molecular formula is C11H21FN2. The Bertz CT molecular complexity index is 198. The van der Waals surface area contributed by atoms with Gasteiger partial charge in [-0.1, -0.05) is 0 Å². The first-order valence-corrected chi connectivity index (χ1v) is 5.82. The molecule has 2 rings (SSSR count). The van der Waals surface area contributed by atoms with Crippen LogP contribution in [0.15, 0.2) is 0 Å². The molecule has 3 N–H and O–H groups in total. The van der Waals surface area contributed by atoms with Crippen molar-refractivity contribution in [1.29, 1.82) is 0 Å². The highest BCUT2D eigenvalue weighted by Crippen LogP contribution is 2.39. The Morgan fingerprint density at radius 3 is 2.93 bits per heavy atom. The van der Waals surface area contributed by atoms with Crippen LogP contribution in [0.4, 0.5) is 4.39 Å². The zero-order valence-corrected chi connectivity index (χ0v) is 8.88. The van der Waals surface area contributed by atoms with Crippen LogP contribution in [0.1, 0.15) is 32.6 Å². The van der Waals surface area contributed by atoms with Crippen LogP contribution in [0.25, 0.3) is 0 Å². The predicted molar refractivity (Wildman–Crippen MR) is 55.8 cm³/mol. The van der Waals surface area contributed by atoms with Crippen LogP contribution in [0.3, 0.4) is 0 Å². The van der Waals surface area contributed by atoms with Gasteiger partial charge in [0.05, 0.1) is 0 Å². The average molecular weight is 200 g/mol. The number of nitrogens with two attached hydrogens (primary N) is 1. The van der Waals surface area contributed by atoms with Crippen LogP contribution in [0.2, 0.25) is 0 Å². The Hall–Kier alpha value is -0.150. The van der Waals surface area contributed by atoms with E-state index in [4.69, 9.17) is 5.73 Å². The number of halogens is 1. The van der Waals surface area contributed by atoms with Gasteiger partial charge in [-0.25, -0.2) is 4.39 Å². The fourth-order valence-corrected chi connectivity index (χ4v) is 3.32. The second-order valence-electron chi connectivity index (χ2n) is 4.88. The molecule has 2 aliphatic rings. The van der Waals surface area contributed by atoms with Gasteiger partial charge in [0, 0.05) is 12.1 Å². The monoisotopic (exact) mass is 200 g/mol. The number of hydrogen-bond acceptors (Lipinski definition) is 2. The summed E-state index contributed by atoms with van der Waals surface area (Å²) in [6.07, 6.45) is 2.99. The van der Waals surface area contributed by atoms with Crippen molar-refractivity contribution in [3.05, 3.63) is 0 Å². The summed E-state index contributed by atoms with van der Waals surface area (Å²) in [6, 6.07) is 1.09. The molecule has 1 heterocycles. The Kier molecular flexibility index (Phi) is 3.07. The topological polar surface area (TPSA) is 38.0 Å². The first-order chi connectivity index (χ1) is 6.72. The number of hydrogen-bond donors (Lipinski definition) is 2. The first-order valence-electron chi connectivity index (χ1n) is 5.82. The molecule has 5 unspecified atom stereocenters. The second kappa shape index (κ2) is 4.15. The Labute approximate surface area is 85.4 Å². The second-order valence-corrected chi connectivity index (χ2v) is 4.88. The van der Waals surface area contributed by atoms with Crippen molar-refractivity contribution < 1.29 is 4.39 Å². The fourth-order valence-electron chi connectivity index (χ4n) is 3.32. The van der Waals surface area contributed by atoms with Crippen molar-refractivity contribution in [1.82, 2.24) is 5.32 Å². The third-order valence-electron chi connectivity index (χ3n) is 4.00. The summed E-state index contributed by atoms with van der Waals surface area (Å²) in [5.74, 6) is 1.14. The van der Waals surface area contributed by atoms with E-state index in [1.54, 1.807) is 0 Å². The Morgan fingerprint density at radius 1 is 1.43 bits per heavy atom. The van der Waals surface area contributed by atoms with Crippen molar-refractivity contribution in [2.45, 2.75) is 50.9 Å². The lowest BCUT2D eigenvalue weighted by molar-refractivity contribution is 0.159. The van der Waals surface area contributed by atoms with E-state index in [1.165, 1.54) is 0 Å². The van der Waals surface area contributed by atoms with Crippen LogP contribution >= 0.6 is 0 Å². The van der Waals surface area contributed by atoms with Crippen LogP contribution in [-0.4, -0.2) is 24.8 Å². The maximum Gasteiger partial charge on any atom is 0.101 e. The van der Waals surface area contributed by atoms with Crippen molar-refractivity contribution >= 4 is 0 Å². The highest BCUT2D eigenvalue weighted by molar-refractivity contribution is 4.99. The van der Waals surface area contributed by atoms with Gasteiger partial charge in [0.25, 0.3) is 0 Å². The third-order valence-corrected chi connectivity index (χ3v) is 4.00. The average Bonchev–Trinajstić information content (AvgIpc) is 2.45. The summed E-state index contributed by atoms with van der Waals surface area (Å²) in [5, 5.41) is 3.59. The van der Waals surface area contributed by atoms with Gasteiger partial charge in [-0.05, 0) is 51.0 Å². The summed E-state index contributed by atoms with van der Waals surface area (Å²) >= 11 is 0. The van der Waals surface area contributed by atoms with Gasteiger partial charge >= 0.3 is 0 Å². The number of alkyl halides is 1. The smallest absolute Gasteiger partial charge is 0.101 e. The van der Waals surface area contributed by atoms with E-state index in [0.29, 0.717) is 23.9 Å². The predicted octanol–water partition coefficient (Wildman–Crippen LogP) is 1.45. The minimum absolute atomic E-state index is 0.527. The lowest BCUT2D eigenvalue weighted by atomic mass is 9.76. The molecule has 1 saturated heterocycles. The molecule has 5 atom stereocenters. The Morgan fingerprint density at radius 2 is 2.21 bits per heavy atom. The van der Waals surface area contributed by atoms with Crippen LogP contribution in [-0.2, 0) is 0 Å². The maximum atomic E-state index is 13.3. The van der Waals surface area contributed by atoms with E-state index >= 15 is 0 Å². The molecule has 0 bridgehead atoms. The molecule has 0 aromatic heterocycles. The van der Waals surface area contributed by atoms with Crippen LogP contribution in [0, 0.1) is 11.8 Å². The van der Waals surface area contributed by atoms with Crippen molar-refractivity contribution in [3.8, 4) is 0 Å². The first kappa shape index (κ1) is 10.4. The zero-order chi connectivity index (χ0) is 10.1. The van der Waals surface area contributed by atoms with Gasteiger partial charge in [0.15, 0.2) is 0 Å². The van der Waals surface area contributed by atoms with E-state index < -0.39 is 6.17 Å². The number of fused-ring (bicyclic) bond motifs is 1. The van der Waals surface area contributed by atoms with Gasteiger partial charge in [-0.2, -0.15) is 0 Å². The van der Waals surface area contributed by atoms with E-state index in [1.807, 2.05) is 0 Å². The molecule has 14 heavy (non-hydrogen) atoms. The molecule has 1 saturated carbocycles. The van der Waals surface area contributed by atoms with Gasteiger partial charge in [-0.15, -0.1) is 0 Å². The minimum Gasteiger partial charge on any atom is -0.330 e. The highest BCUT2D eigenvalue weighted by Gasteiger charge is 2.43. The SMILES string of the molecule is CC1NC2CCC(F)CC2C1CCN. The maximum absolute atomic E-state index is 13.3. The zero-order valence-electron chi connectivity index (χ0n) is 8.88. The van der Waals surface area contributed by atoms with Crippen molar-refractivity contribution in [2.75, 3.05) is 6.54 Å². The molecule has 0 radical (unpaired) electrons. The van der Waals surface area contributed by atoms with E-state index in [0.717, 1.165) is 32.2 Å². The number of rotatable bonds is 2. The minimum atomic E-state index is -0.566. The van der Waals surface area contributed by atoms with Crippen molar-refractivity contribution in [3.63, 3.8) is 0 Å². The lowest BCUT2D eigenvalue weighted by Crippen LogP contribution is -2.35. The lowest BCUT2D eigenvalue weighted by Gasteiger charge is -2.30. The summed E-state index contributed by atoms with van der Waals surface area (Å²) in [4.78, 5) is 0. The molecule has 0 aromatic carbocycles. The highest BCUT2D eigenvalue weighted by atomic mass is 19.1.